The van der Waals surface area contributed by atoms with Gasteiger partial charge in [-0.2, -0.15) is 0 Å². The van der Waals surface area contributed by atoms with E-state index in [4.69, 9.17) is 4.74 Å². The fourth-order valence-electron chi connectivity index (χ4n) is 2.73. The number of hydrogen-bond donors (Lipinski definition) is 2. The minimum Gasteiger partial charge on any atom is -0.451 e. The Labute approximate surface area is 165 Å². The molecule has 0 aliphatic carbocycles. The van der Waals surface area contributed by atoms with E-state index in [9.17, 15) is 14.4 Å². The number of hydrogen-bond acceptors (Lipinski definition) is 4. The molecule has 0 aliphatic heterocycles. The number of benzene rings is 2. The van der Waals surface area contributed by atoms with Gasteiger partial charge < -0.3 is 15.4 Å². The van der Waals surface area contributed by atoms with Gasteiger partial charge in [-0.1, -0.05) is 55.5 Å². The molecule has 0 unspecified atom stereocenters. The predicted molar refractivity (Wildman–Crippen MR) is 107 cm³/mol. The number of carbonyl (C=O) groups is 3. The molecule has 0 bridgehead atoms. The minimum absolute atomic E-state index is 0.193. The molecule has 2 aromatic rings. The summed E-state index contributed by atoms with van der Waals surface area (Å²) in [5, 5.41) is 5.30. The van der Waals surface area contributed by atoms with Crippen LogP contribution in [0, 0.1) is 0 Å². The van der Waals surface area contributed by atoms with Crippen molar-refractivity contribution < 1.29 is 19.1 Å². The number of nitrogens with one attached hydrogen (secondary N) is 2. The van der Waals surface area contributed by atoms with Gasteiger partial charge in [-0.3, -0.25) is 14.4 Å². The summed E-state index contributed by atoms with van der Waals surface area (Å²) in [5.41, 5.74) is 1.60. The Bertz CT molecular complexity index is 778. The van der Waals surface area contributed by atoms with Crippen LogP contribution in [0.15, 0.2) is 60.7 Å². The molecule has 0 radical (unpaired) electrons. The van der Waals surface area contributed by atoms with E-state index >= 15 is 0 Å². The fraction of sp³-hybridized carbons (Fsp3) is 0.318. The molecule has 0 aliphatic rings. The van der Waals surface area contributed by atoms with Crippen LogP contribution in [0.3, 0.4) is 0 Å². The lowest BCUT2D eigenvalue weighted by Gasteiger charge is -2.18. The van der Waals surface area contributed by atoms with E-state index in [1.54, 1.807) is 30.3 Å². The summed E-state index contributed by atoms with van der Waals surface area (Å²) < 4.78 is 5.10. The first-order chi connectivity index (χ1) is 13.5. The summed E-state index contributed by atoms with van der Waals surface area (Å²) in [7, 11) is 0. The van der Waals surface area contributed by atoms with Gasteiger partial charge in [0.05, 0.1) is 0 Å². The zero-order valence-corrected chi connectivity index (χ0v) is 16.2. The van der Waals surface area contributed by atoms with Crippen LogP contribution in [0.2, 0.25) is 0 Å². The lowest BCUT2D eigenvalue weighted by molar-refractivity contribution is -0.153. The molecule has 2 aromatic carbocycles. The number of esters is 1. The van der Waals surface area contributed by atoms with E-state index in [0.29, 0.717) is 12.1 Å². The largest absolute Gasteiger partial charge is 0.451 e. The second-order valence-corrected chi connectivity index (χ2v) is 6.44. The molecule has 2 rings (SSSR count). The molecule has 6 heteroatoms. The Morgan fingerprint density at radius 1 is 0.929 bits per heavy atom. The van der Waals surface area contributed by atoms with Crippen LogP contribution in [-0.4, -0.2) is 37.0 Å². The molecule has 6 nitrogen and oxygen atoms in total. The van der Waals surface area contributed by atoms with Gasteiger partial charge in [-0.05, 0) is 31.0 Å². The van der Waals surface area contributed by atoms with Crippen molar-refractivity contribution in [3.8, 4) is 0 Å². The monoisotopic (exact) mass is 382 g/mol. The molecule has 2 N–H and O–H groups in total. The molecule has 0 saturated carbocycles. The highest BCUT2D eigenvalue weighted by atomic mass is 16.5. The third-order valence-electron chi connectivity index (χ3n) is 4.39. The summed E-state index contributed by atoms with van der Waals surface area (Å²) in [6.45, 7) is 3.73. The van der Waals surface area contributed by atoms with Gasteiger partial charge in [0.15, 0.2) is 6.10 Å². The quantitative estimate of drug-likeness (QED) is 0.653. The molecule has 0 aromatic heterocycles. The molecule has 2 atom stereocenters. The summed E-state index contributed by atoms with van der Waals surface area (Å²) in [4.78, 5) is 36.0. The average molecular weight is 382 g/mol. The van der Waals surface area contributed by atoms with Crippen molar-refractivity contribution in [2.45, 2.75) is 32.3 Å². The molecule has 0 fully saturated rings. The van der Waals surface area contributed by atoms with E-state index in [1.165, 1.54) is 6.92 Å². The molecule has 0 spiro atoms. The standard InChI is InChI=1S/C22H26N2O4/c1-3-17(18-10-6-4-7-11-18)14-23-21(26)16(2)28-20(25)15-24-22(27)19-12-8-5-9-13-19/h4-13,16-17H,3,14-15H2,1-2H3,(H,23,26)(H,24,27)/t16-,17+/m1/s1. The molecule has 148 valence electrons. The third-order valence-corrected chi connectivity index (χ3v) is 4.39. The van der Waals surface area contributed by atoms with Crippen LogP contribution in [0.4, 0.5) is 0 Å². The highest BCUT2D eigenvalue weighted by molar-refractivity contribution is 5.96. The van der Waals surface area contributed by atoms with Crippen LogP contribution in [0.1, 0.15) is 42.1 Å². The average Bonchev–Trinajstić information content (AvgIpc) is 2.73. The SMILES string of the molecule is CC[C@@H](CNC(=O)[C@@H](C)OC(=O)CNC(=O)c1ccccc1)c1ccccc1. The van der Waals surface area contributed by atoms with E-state index in [0.717, 1.165) is 12.0 Å². The van der Waals surface area contributed by atoms with Gasteiger partial charge in [0.2, 0.25) is 0 Å². The Morgan fingerprint density at radius 3 is 2.14 bits per heavy atom. The summed E-state index contributed by atoms with van der Waals surface area (Å²) in [6, 6.07) is 18.5. The van der Waals surface area contributed by atoms with Gasteiger partial charge in [0, 0.05) is 18.0 Å². The van der Waals surface area contributed by atoms with Crippen molar-refractivity contribution in [2.75, 3.05) is 13.1 Å². The van der Waals surface area contributed by atoms with Crippen molar-refractivity contribution in [3.05, 3.63) is 71.8 Å². The summed E-state index contributed by atoms with van der Waals surface area (Å²) in [5.74, 6) is -1.21. The zero-order valence-electron chi connectivity index (χ0n) is 16.2. The Morgan fingerprint density at radius 2 is 1.54 bits per heavy atom. The first-order valence-electron chi connectivity index (χ1n) is 9.36. The first-order valence-corrected chi connectivity index (χ1v) is 9.36. The molecule has 0 heterocycles. The molecule has 28 heavy (non-hydrogen) atoms. The van der Waals surface area contributed by atoms with Crippen LogP contribution < -0.4 is 10.6 Å². The second kappa shape index (κ2) is 10.9. The van der Waals surface area contributed by atoms with Crippen molar-refractivity contribution in [2.24, 2.45) is 0 Å². The molecule has 0 saturated heterocycles. The van der Waals surface area contributed by atoms with E-state index < -0.39 is 12.1 Å². The van der Waals surface area contributed by atoms with Crippen LogP contribution >= 0.6 is 0 Å². The van der Waals surface area contributed by atoms with Crippen molar-refractivity contribution in [1.82, 2.24) is 10.6 Å². The topological polar surface area (TPSA) is 84.5 Å². The van der Waals surface area contributed by atoms with Crippen molar-refractivity contribution in [1.29, 1.82) is 0 Å². The first kappa shape index (κ1) is 21.2. The van der Waals surface area contributed by atoms with Gasteiger partial charge in [-0.25, -0.2) is 0 Å². The molecular formula is C22H26N2O4. The van der Waals surface area contributed by atoms with Gasteiger partial charge in [-0.15, -0.1) is 0 Å². The van der Waals surface area contributed by atoms with E-state index in [2.05, 4.69) is 17.6 Å². The Balaban J connectivity index is 1.75. The predicted octanol–water partition coefficient (Wildman–Crippen LogP) is 2.66. The lowest BCUT2D eigenvalue weighted by atomic mass is 9.96. The summed E-state index contributed by atoms with van der Waals surface area (Å²) in [6.07, 6.45) is -0.0568. The molecular weight excluding hydrogens is 356 g/mol. The highest BCUT2D eigenvalue weighted by Gasteiger charge is 2.19. The van der Waals surface area contributed by atoms with E-state index in [-0.39, 0.29) is 24.3 Å². The molecule has 2 amide bonds. The zero-order chi connectivity index (χ0) is 20.4. The smallest absolute Gasteiger partial charge is 0.326 e. The van der Waals surface area contributed by atoms with Crippen LogP contribution in [0.5, 0.6) is 0 Å². The van der Waals surface area contributed by atoms with E-state index in [1.807, 2.05) is 30.3 Å². The Kier molecular flexibility index (Phi) is 8.21. The Hall–Kier alpha value is -3.15. The number of amides is 2. The maximum atomic E-state index is 12.2. The van der Waals surface area contributed by atoms with Crippen LogP contribution in [-0.2, 0) is 14.3 Å². The second-order valence-electron chi connectivity index (χ2n) is 6.44. The van der Waals surface area contributed by atoms with Gasteiger partial charge in [0.1, 0.15) is 6.54 Å². The van der Waals surface area contributed by atoms with Gasteiger partial charge in [0.25, 0.3) is 11.8 Å². The maximum Gasteiger partial charge on any atom is 0.326 e. The minimum atomic E-state index is -0.936. The van der Waals surface area contributed by atoms with Crippen molar-refractivity contribution >= 4 is 17.8 Å². The maximum absolute atomic E-state index is 12.2. The summed E-state index contributed by atoms with van der Waals surface area (Å²) >= 11 is 0. The number of carbonyl (C=O) groups excluding carboxylic acids is 3. The lowest BCUT2D eigenvalue weighted by Crippen LogP contribution is -2.40. The number of ether oxygens (including phenoxy) is 1. The number of rotatable bonds is 9. The normalized spacial score (nSPS) is 12.5. The third kappa shape index (κ3) is 6.54. The fourth-order valence-corrected chi connectivity index (χ4v) is 2.73. The van der Waals surface area contributed by atoms with Gasteiger partial charge >= 0.3 is 5.97 Å². The highest BCUT2D eigenvalue weighted by Crippen LogP contribution is 2.17. The van der Waals surface area contributed by atoms with Crippen LogP contribution in [0.25, 0.3) is 0 Å². The van der Waals surface area contributed by atoms with Crippen molar-refractivity contribution in [3.63, 3.8) is 0 Å².